The lowest BCUT2D eigenvalue weighted by molar-refractivity contribution is 0.0943. The highest BCUT2D eigenvalue weighted by molar-refractivity contribution is 9.10. The average Bonchev–Trinajstić information content (AvgIpc) is 2.61. The second kappa shape index (κ2) is 23.8. The Morgan fingerprint density at radius 1 is 0.379 bits per heavy atom. The van der Waals surface area contributed by atoms with E-state index in [2.05, 4.69) is 31.9 Å². The molecule has 0 unspecified atom stereocenters. The minimum absolute atomic E-state index is 0. The molecule has 87 heavy (non-hydrogen) atoms. The van der Waals surface area contributed by atoms with E-state index in [1.807, 2.05) is 0 Å². The molecule has 4 aromatic heterocycles. The van der Waals surface area contributed by atoms with Crippen LogP contribution in [0.4, 0.5) is 4.39 Å². The van der Waals surface area contributed by atoms with Gasteiger partial charge < -0.3 is 17.7 Å². The molecular weight excluding hydrogens is 1250 g/mol. The fourth-order valence-electron chi connectivity index (χ4n) is 9.95. The fourth-order valence-corrected chi connectivity index (χ4v) is 10.8. The highest BCUT2D eigenvalue weighted by Gasteiger charge is 2.40. The van der Waals surface area contributed by atoms with Crippen molar-refractivity contribution in [3.05, 3.63) is 304 Å². The molecule has 6 aromatic carbocycles. The van der Waals surface area contributed by atoms with Crippen LogP contribution >= 0.6 is 31.9 Å². The van der Waals surface area contributed by atoms with E-state index in [0.717, 1.165) is 12.1 Å². The van der Waals surface area contributed by atoms with Gasteiger partial charge in [0.05, 0.1) is 22.3 Å². The lowest BCUT2D eigenvalue weighted by Gasteiger charge is -2.13. The number of carbonyl (C=O) groups excluding carboxylic acids is 12. The molecule has 0 saturated heterocycles. The smallest absolute Gasteiger partial charge is 0.229 e. The summed E-state index contributed by atoms with van der Waals surface area (Å²) >= 11 is 6.54. The molecule has 4 heterocycles. The third-order valence-corrected chi connectivity index (χ3v) is 15.1. The Labute approximate surface area is 508 Å². The van der Waals surface area contributed by atoms with Crippen LogP contribution in [0.1, 0.15) is 208 Å². The van der Waals surface area contributed by atoms with Crippen molar-refractivity contribution in [2.75, 3.05) is 0 Å². The van der Waals surface area contributed by atoms with E-state index in [9.17, 15) is 61.9 Å². The molecule has 0 saturated carbocycles. The molecule has 0 radical (unpaired) electrons. The van der Waals surface area contributed by atoms with Crippen molar-refractivity contribution < 1.29 is 79.6 Å². The molecule has 0 bridgehead atoms. The van der Waals surface area contributed by atoms with Crippen molar-refractivity contribution in [3.63, 3.8) is 0 Å². The number of rotatable bonds is 7. The summed E-state index contributed by atoms with van der Waals surface area (Å²) in [4.78, 5) is 147. The zero-order valence-electron chi connectivity index (χ0n) is 44.5. The summed E-state index contributed by atoms with van der Waals surface area (Å²) < 4.78 is 35.5. The standard InChI is InChI=1S/C19H9BrO4.C19H9FO4.C15H9BrO4.C14H8O4.CH4/c2*20-11-6-7-12-13(8-11)18(23)19-14(17(12)22)9-15(24-19)16(21)10-4-2-1-3-5-10;1-7(17)14-10(6-16)11-12(18)8-4-2-3-5-9(8)13(19)15(11)20-14;1-7(15)11-6-10-12(16)8-4-2-3-5-9(8)13(17)14(10)18-11;/h2*1-9H;2-5H,6H2,1H3;2-6H,1H3;1H4. The first-order valence-electron chi connectivity index (χ1n) is 25.8. The van der Waals surface area contributed by atoms with Crippen LogP contribution in [0.3, 0.4) is 0 Å². The number of halogens is 3. The lowest BCUT2D eigenvalue weighted by atomic mass is 9.86. The van der Waals surface area contributed by atoms with Crippen molar-refractivity contribution in [1.82, 2.24) is 0 Å². The van der Waals surface area contributed by atoms with Gasteiger partial charge in [0.1, 0.15) is 5.82 Å². The van der Waals surface area contributed by atoms with Gasteiger partial charge in [-0.05, 0) is 54.6 Å². The van der Waals surface area contributed by atoms with Crippen molar-refractivity contribution in [3.8, 4) is 0 Å². The third-order valence-electron chi connectivity index (χ3n) is 14.1. The molecule has 0 atom stereocenters. The molecule has 0 spiro atoms. The molecule has 4 aliphatic rings. The number of carbonyl (C=O) groups is 12. The Hall–Kier alpha value is -10.6. The van der Waals surface area contributed by atoms with E-state index in [0.29, 0.717) is 49.0 Å². The summed E-state index contributed by atoms with van der Waals surface area (Å²) in [6, 6.07) is 42.3. The Balaban J connectivity index is 0.000000129. The number of alkyl halides is 1. The second-order valence-corrected chi connectivity index (χ2v) is 20.9. The Kier molecular flexibility index (Phi) is 16.3. The fraction of sp³-hybridized carbons (Fsp3) is 0.0588. The van der Waals surface area contributed by atoms with Gasteiger partial charge in [-0.15, -0.1) is 0 Å². The van der Waals surface area contributed by atoms with Crippen LogP contribution in [0.2, 0.25) is 0 Å². The highest BCUT2D eigenvalue weighted by Crippen LogP contribution is 2.37. The topological polar surface area (TPSA) is 257 Å². The summed E-state index contributed by atoms with van der Waals surface area (Å²) in [5.74, 6) is -5.46. The Morgan fingerprint density at radius 3 is 1.20 bits per heavy atom. The number of fused-ring (bicyclic) bond motifs is 8. The van der Waals surface area contributed by atoms with Crippen molar-refractivity contribution >= 4 is 101 Å². The largest absolute Gasteiger partial charge is 0.449 e. The lowest BCUT2D eigenvalue weighted by Crippen LogP contribution is -2.20. The summed E-state index contributed by atoms with van der Waals surface area (Å²) in [5.41, 5.74) is 3.77. The Morgan fingerprint density at radius 2 is 0.747 bits per heavy atom. The number of ketones is 12. The first-order chi connectivity index (χ1) is 41.3. The van der Waals surface area contributed by atoms with Crippen LogP contribution in [0.5, 0.6) is 0 Å². The van der Waals surface area contributed by atoms with Gasteiger partial charge in [0.2, 0.25) is 34.7 Å². The van der Waals surface area contributed by atoms with Gasteiger partial charge in [-0.2, -0.15) is 0 Å². The number of benzene rings is 6. The summed E-state index contributed by atoms with van der Waals surface area (Å²) in [7, 11) is 0. The molecule has 0 amide bonds. The van der Waals surface area contributed by atoms with Crippen LogP contribution in [-0.4, -0.2) is 69.4 Å². The van der Waals surface area contributed by atoms with Crippen LogP contribution < -0.4 is 0 Å². The van der Waals surface area contributed by atoms with Gasteiger partial charge in [0, 0.05) is 84.8 Å². The normalized spacial score (nSPS) is 12.7. The van der Waals surface area contributed by atoms with Gasteiger partial charge in [0.25, 0.3) is 0 Å². The predicted octanol–water partition coefficient (Wildman–Crippen LogP) is 13.5. The molecule has 0 N–H and O–H groups in total. The SMILES string of the molecule is C.CC(=O)c1cc2c(o1)C(=O)c1ccccc1C2=O.CC(=O)c1oc2c(c1CBr)C(=O)c1ccccc1C2=O.O=C(c1ccccc1)c1cc2c(o1)C(=O)c1cc(Br)ccc1C2=O.O=C(c1ccccc1)c1cc2c(o1)C(=O)c1cc(F)ccc1C2=O. The van der Waals surface area contributed by atoms with E-state index in [-0.39, 0.29) is 144 Å². The van der Waals surface area contributed by atoms with E-state index in [4.69, 9.17) is 17.7 Å². The molecular formula is C68H39Br2FO16. The molecule has 14 rings (SSSR count). The number of hydrogen-bond donors (Lipinski definition) is 0. The van der Waals surface area contributed by atoms with E-state index < -0.39 is 29.0 Å². The number of furan rings is 4. The van der Waals surface area contributed by atoms with E-state index in [1.165, 1.54) is 38.1 Å². The van der Waals surface area contributed by atoms with Gasteiger partial charge in [-0.3, -0.25) is 57.5 Å². The predicted molar refractivity (Wildman–Crippen MR) is 315 cm³/mol. The van der Waals surface area contributed by atoms with Crippen molar-refractivity contribution in [2.24, 2.45) is 0 Å². The molecule has 19 heteroatoms. The first kappa shape index (κ1) is 59.5. The summed E-state index contributed by atoms with van der Waals surface area (Å²) in [6.45, 7) is 2.67. The third kappa shape index (κ3) is 10.6. The Bertz CT molecular complexity index is 4460. The van der Waals surface area contributed by atoms with Crippen molar-refractivity contribution in [2.45, 2.75) is 26.6 Å². The van der Waals surface area contributed by atoms with E-state index in [1.54, 1.807) is 127 Å². The molecule has 10 aromatic rings. The van der Waals surface area contributed by atoms with E-state index >= 15 is 0 Å². The van der Waals surface area contributed by atoms with Gasteiger partial charge >= 0.3 is 0 Å². The molecule has 428 valence electrons. The molecule has 4 aliphatic carbocycles. The number of hydrogen-bond acceptors (Lipinski definition) is 16. The second-order valence-electron chi connectivity index (χ2n) is 19.4. The van der Waals surface area contributed by atoms with Crippen LogP contribution in [0.25, 0.3) is 0 Å². The maximum absolute atomic E-state index is 13.4. The van der Waals surface area contributed by atoms with Gasteiger partial charge in [-0.25, -0.2) is 4.39 Å². The maximum atomic E-state index is 13.4. The quantitative estimate of drug-likeness (QED) is 0.106. The molecule has 0 aliphatic heterocycles. The average molecular weight is 1290 g/mol. The minimum Gasteiger partial charge on any atom is -0.449 e. The van der Waals surface area contributed by atoms with Crippen LogP contribution in [-0.2, 0) is 5.33 Å². The van der Waals surface area contributed by atoms with Gasteiger partial charge in [-0.1, -0.05) is 148 Å². The molecule has 16 nitrogen and oxygen atoms in total. The minimum atomic E-state index is -0.620. The van der Waals surface area contributed by atoms with Crippen molar-refractivity contribution in [1.29, 1.82) is 0 Å². The van der Waals surface area contributed by atoms with Crippen LogP contribution in [0.15, 0.2) is 186 Å². The number of Topliss-reactive ketones (excluding diaryl/α,β-unsaturated/α-hetero) is 2. The van der Waals surface area contributed by atoms with Gasteiger partial charge in [0.15, 0.2) is 80.8 Å². The first-order valence-corrected chi connectivity index (χ1v) is 27.7. The summed E-state index contributed by atoms with van der Waals surface area (Å²) in [6.07, 6.45) is 0. The zero-order chi connectivity index (χ0) is 61.0. The maximum Gasteiger partial charge on any atom is 0.229 e. The highest BCUT2D eigenvalue weighted by atomic mass is 79.9. The molecule has 0 fully saturated rings. The van der Waals surface area contributed by atoms with Crippen LogP contribution in [0, 0.1) is 5.82 Å². The zero-order valence-corrected chi connectivity index (χ0v) is 47.6. The monoisotopic (exact) mass is 1290 g/mol. The summed E-state index contributed by atoms with van der Waals surface area (Å²) in [5, 5.41) is 0.280.